The van der Waals surface area contributed by atoms with Gasteiger partial charge in [0.05, 0.1) is 13.7 Å². The number of benzene rings is 1. The Kier molecular flexibility index (Phi) is 4.01. The Morgan fingerprint density at radius 2 is 2.21 bits per heavy atom. The Labute approximate surface area is 111 Å². The first kappa shape index (κ1) is 13.4. The van der Waals surface area contributed by atoms with Crippen molar-refractivity contribution < 1.29 is 14.3 Å². The number of rotatable bonds is 5. The molecular formula is C13H17N3O3. The standard InChI is InChI=1S/C13H17N3O3/c1-18-7-6-16-11(12(14)15-13(16)17)9-4-3-5-10(8-9)19-2/h3-5,8,11H,6-7H2,1-2H3,(H2,14,15,17). The van der Waals surface area contributed by atoms with Gasteiger partial charge < -0.3 is 20.1 Å². The predicted octanol–water partition coefficient (Wildman–Crippen LogP) is 1.18. The molecular weight excluding hydrogens is 246 g/mol. The van der Waals surface area contributed by atoms with Crippen LogP contribution in [-0.4, -0.2) is 44.1 Å². The summed E-state index contributed by atoms with van der Waals surface area (Å²) in [5, 5.41) is 0. The van der Waals surface area contributed by atoms with Gasteiger partial charge in [0, 0.05) is 13.7 Å². The van der Waals surface area contributed by atoms with E-state index in [0.29, 0.717) is 19.0 Å². The summed E-state index contributed by atoms with van der Waals surface area (Å²) < 4.78 is 10.2. The maximum atomic E-state index is 11.8. The van der Waals surface area contributed by atoms with E-state index in [1.165, 1.54) is 0 Å². The van der Waals surface area contributed by atoms with E-state index in [9.17, 15) is 4.79 Å². The lowest BCUT2D eigenvalue weighted by molar-refractivity contribution is 0.150. The fourth-order valence-electron chi connectivity index (χ4n) is 2.08. The van der Waals surface area contributed by atoms with E-state index in [1.54, 1.807) is 19.1 Å². The van der Waals surface area contributed by atoms with Crippen molar-refractivity contribution in [2.45, 2.75) is 6.04 Å². The zero-order chi connectivity index (χ0) is 13.8. The number of hydrogen-bond donors (Lipinski definition) is 1. The monoisotopic (exact) mass is 263 g/mol. The van der Waals surface area contributed by atoms with Crippen molar-refractivity contribution >= 4 is 11.9 Å². The van der Waals surface area contributed by atoms with Crippen molar-refractivity contribution in [2.75, 3.05) is 27.4 Å². The second kappa shape index (κ2) is 5.71. The van der Waals surface area contributed by atoms with Gasteiger partial charge in [-0.15, -0.1) is 0 Å². The van der Waals surface area contributed by atoms with E-state index >= 15 is 0 Å². The number of urea groups is 1. The molecule has 1 aromatic rings. The molecule has 19 heavy (non-hydrogen) atoms. The van der Waals surface area contributed by atoms with E-state index in [1.807, 2.05) is 24.3 Å². The average Bonchev–Trinajstić information content (AvgIpc) is 2.70. The largest absolute Gasteiger partial charge is 0.497 e. The zero-order valence-corrected chi connectivity index (χ0v) is 11.0. The maximum Gasteiger partial charge on any atom is 0.346 e. The van der Waals surface area contributed by atoms with Gasteiger partial charge in [-0.05, 0) is 17.7 Å². The first-order valence-electron chi connectivity index (χ1n) is 5.95. The Bertz CT molecular complexity index is 502. The molecule has 0 aliphatic carbocycles. The van der Waals surface area contributed by atoms with Crippen LogP contribution in [0.4, 0.5) is 4.79 Å². The van der Waals surface area contributed by atoms with Crippen molar-refractivity contribution in [2.24, 2.45) is 10.7 Å². The molecule has 0 bridgehead atoms. The summed E-state index contributed by atoms with van der Waals surface area (Å²) >= 11 is 0. The molecule has 1 aliphatic rings. The Morgan fingerprint density at radius 1 is 1.42 bits per heavy atom. The van der Waals surface area contributed by atoms with Gasteiger partial charge in [-0.2, -0.15) is 4.99 Å². The molecule has 2 N–H and O–H groups in total. The minimum atomic E-state index is -0.349. The van der Waals surface area contributed by atoms with E-state index in [4.69, 9.17) is 15.2 Å². The van der Waals surface area contributed by atoms with Crippen LogP contribution in [0, 0.1) is 0 Å². The van der Waals surface area contributed by atoms with Crippen LogP contribution in [0.3, 0.4) is 0 Å². The predicted molar refractivity (Wildman–Crippen MR) is 71.3 cm³/mol. The first-order chi connectivity index (χ1) is 9.17. The highest BCUT2D eigenvalue weighted by Gasteiger charge is 2.34. The summed E-state index contributed by atoms with van der Waals surface area (Å²) in [6, 6.07) is 6.77. The SMILES string of the molecule is COCCN1C(=O)N=C(N)C1c1cccc(OC)c1. The number of ether oxygens (including phenoxy) is 2. The molecule has 1 unspecified atom stereocenters. The summed E-state index contributed by atoms with van der Waals surface area (Å²) in [5.41, 5.74) is 6.74. The third-order valence-electron chi connectivity index (χ3n) is 3.01. The van der Waals surface area contributed by atoms with Gasteiger partial charge in [-0.1, -0.05) is 12.1 Å². The Balaban J connectivity index is 2.28. The fourth-order valence-corrected chi connectivity index (χ4v) is 2.08. The van der Waals surface area contributed by atoms with Crippen molar-refractivity contribution in [3.05, 3.63) is 29.8 Å². The number of nitrogens with two attached hydrogens (primary N) is 1. The zero-order valence-electron chi connectivity index (χ0n) is 11.0. The average molecular weight is 263 g/mol. The van der Waals surface area contributed by atoms with Gasteiger partial charge in [-0.3, -0.25) is 0 Å². The number of nitrogens with zero attached hydrogens (tertiary/aromatic N) is 2. The van der Waals surface area contributed by atoms with E-state index in [-0.39, 0.29) is 12.1 Å². The highest BCUT2D eigenvalue weighted by atomic mass is 16.5. The minimum Gasteiger partial charge on any atom is -0.497 e. The minimum absolute atomic E-state index is 0.300. The molecule has 1 aromatic carbocycles. The molecule has 0 saturated heterocycles. The highest BCUT2D eigenvalue weighted by molar-refractivity contribution is 6.03. The molecule has 0 radical (unpaired) electrons. The number of amidine groups is 1. The second-order valence-corrected chi connectivity index (χ2v) is 4.18. The van der Waals surface area contributed by atoms with Gasteiger partial charge in [0.2, 0.25) is 0 Å². The molecule has 1 aliphatic heterocycles. The Hall–Kier alpha value is -2.08. The highest BCUT2D eigenvalue weighted by Crippen LogP contribution is 2.28. The number of methoxy groups -OCH3 is 2. The molecule has 0 aromatic heterocycles. The third-order valence-corrected chi connectivity index (χ3v) is 3.01. The molecule has 0 saturated carbocycles. The van der Waals surface area contributed by atoms with Crippen molar-refractivity contribution in [3.63, 3.8) is 0 Å². The topological polar surface area (TPSA) is 77.2 Å². The number of aliphatic imine (C=N–C) groups is 1. The van der Waals surface area contributed by atoms with E-state index in [2.05, 4.69) is 4.99 Å². The van der Waals surface area contributed by atoms with Gasteiger partial charge >= 0.3 is 6.03 Å². The summed E-state index contributed by atoms with van der Waals surface area (Å²) in [6.45, 7) is 0.885. The van der Waals surface area contributed by atoms with Gasteiger partial charge in [0.15, 0.2) is 0 Å². The van der Waals surface area contributed by atoms with Gasteiger partial charge in [0.1, 0.15) is 17.6 Å². The summed E-state index contributed by atoms with van der Waals surface area (Å²) in [4.78, 5) is 17.2. The number of amides is 2. The van der Waals surface area contributed by atoms with Crippen LogP contribution >= 0.6 is 0 Å². The lowest BCUT2D eigenvalue weighted by Gasteiger charge is -2.24. The summed E-state index contributed by atoms with van der Waals surface area (Å²) in [5.74, 6) is 1.02. The quantitative estimate of drug-likeness (QED) is 0.865. The smallest absolute Gasteiger partial charge is 0.346 e. The second-order valence-electron chi connectivity index (χ2n) is 4.18. The van der Waals surface area contributed by atoms with Crippen LogP contribution in [0.25, 0.3) is 0 Å². The van der Waals surface area contributed by atoms with Gasteiger partial charge in [0.25, 0.3) is 0 Å². The van der Waals surface area contributed by atoms with Crippen LogP contribution in [-0.2, 0) is 4.74 Å². The lowest BCUT2D eigenvalue weighted by atomic mass is 10.1. The van der Waals surface area contributed by atoms with E-state index in [0.717, 1.165) is 11.3 Å². The number of hydrogen-bond acceptors (Lipinski definition) is 4. The van der Waals surface area contributed by atoms with Crippen molar-refractivity contribution in [1.82, 2.24) is 4.90 Å². The molecule has 102 valence electrons. The molecule has 6 nitrogen and oxygen atoms in total. The van der Waals surface area contributed by atoms with Crippen LogP contribution in [0.5, 0.6) is 5.75 Å². The summed E-state index contributed by atoms with van der Waals surface area (Å²) in [7, 11) is 3.18. The van der Waals surface area contributed by atoms with Crippen LogP contribution in [0.15, 0.2) is 29.3 Å². The maximum absolute atomic E-state index is 11.8. The molecule has 0 fully saturated rings. The van der Waals surface area contributed by atoms with Crippen LogP contribution < -0.4 is 10.5 Å². The fraction of sp³-hybridized carbons (Fsp3) is 0.385. The number of carbonyl (C=O) groups excluding carboxylic acids is 1. The molecule has 2 rings (SSSR count). The van der Waals surface area contributed by atoms with Crippen molar-refractivity contribution in [1.29, 1.82) is 0 Å². The third kappa shape index (κ3) is 2.68. The van der Waals surface area contributed by atoms with Crippen LogP contribution in [0.1, 0.15) is 11.6 Å². The van der Waals surface area contributed by atoms with E-state index < -0.39 is 0 Å². The molecule has 2 amide bonds. The molecule has 6 heteroatoms. The van der Waals surface area contributed by atoms with Crippen LogP contribution in [0.2, 0.25) is 0 Å². The summed E-state index contributed by atoms with van der Waals surface area (Å²) in [6.07, 6.45) is 0. The first-order valence-corrected chi connectivity index (χ1v) is 5.95. The molecule has 1 heterocycles. The normalized spacial score (nSPS) is 18.6. The Morgan fingerprint density at radius 3 is 2.89 bits per heavy atom. The van der Waals surface area contributed by atoms with Crippen molar-refractivity contribution in [3.8, 4) is 5.75 Å². The molecule has 1 atom stereocenters. The number of carbonyl (C=O) groups is 1. The molecule has 0 spiro atoms. The lowest BCUT2D eigenvalue weighted by Crippen LogP contribution is -2.35. The van der Waals surface area contributed by atoms with Gasteiger partial charge in [-0.25, -0.2) is 4.79 Å².